The van der Waals surface area contributed by atoms with Gasteiger partial charge in [-0.2, -0.15) is 0 Å². The summed E-state index contributed by atoms with van der Waals surface area (Å²) in [5.41, 5.74) is 6.93. The maximum atomic E-state index is 13.1. The maximum absolute atomic E-state index is 13.1. The van der Waals surface area contributed by atoms with Crippen molar-refractivity contribution in [2.24, 2.45) is 29.4 Å². The molecule has 1 aliphatic rings. The van der Waals surface area contributed by atoms with E-state index in [1.54, 1.807) is 19.2 Å². The quantitative estimate of drug-likeness (QED) is 0.159. The van der Waals surface area contributed by atoms with Crippen molar-refractivity contribution in [2.45, 2.75) is 84.4 Å². The minimum Gasteiger partial charge on any atom is -0.493 e. The molecular weight excluding hydrogens is 524 g/mol. The van der Waals surface area contributed by atoms with E-state index in [0.29, 0.717) is 56.9 Å². The van der Waals surface area contributed by atoms with E-state index >= 15 is 0 Å². The number of benzene rings is 1. The Balaban J connectivity index is 1.89. The van der Waals surface area contributed by atoms with Gasteiger partial charge in [0.25, 0.3) is 5.91 Å². The van der Waals surface area contributed by atoms with E-state index in [0.717, 1.165) is 12.8 Å². The SMILES string of the molecule is COCCCCOc1ccccc1C(=O)NCC(CC(N)[C@@H](O)CC(C(=O)NCC1CCC(=O)N1)C(C)C)C(C)C. The van der Waals surface area contributed by atoms with E-state index in [1.165, 1.54) is 0 Å². The van der Waals surface area contributed by atoms with Gasteiger partial charge in [-0.05, 0) is 62.0 Å². The fourth-order valence-electron chi connectivity index (χ4n) is 5.03. The number of carbonyl (C=O) groups is 3. The van der Waals surface area contributed by atoms with Gasteiger partial charge in [-0.3, -0.25) is 14.4 Å². The molecule has 232 valence electrons. The fraction of sp³-hybridized carbons (Fsp3) is 0.710. The second-order valence-corrected chi connectivity index (χ2v) is 11.9. The lowest BCUT2D eigenvalue weighted by molar-refractivity contribution is -0.128. The summed E-state index contributed by atoms with van der Waals surface area (Å²) < 4.78 is 10.9. The Morgan fingerprint density at radius 1 is 1.07 bits per heavy atom. The smallest absolute Gasteiger partial charge is 0.255 e. The lowest BCUT2D eigenvalue weighted by Gasteiger charge is -2.30. The lowest BCUT2D eigenvalue weighted by Crippen LogP contribution is -2.45. The number of carbonyl (C=O) groups excluding carboxylic acids is 3. The predicted molar refractivity (Wildman–Crippen MR) is 159 cm³/mol. The van der Waals surface area contributed by atoms with E-state index in [1.807, 2.05) is 26.0 Å². The van der Waals surface area contributed by atoms with Gasteiger partial charge >= 0.3 is 0 Å². The van der Waals surface area contributed by atoms with Crippen molar-refractivity contribution in [1.82, 2.24) is 16.0 Å². The molecule has 1 aromatic rings. The number of para-hydroxylation sites is 1. The van der Waals surface area contributed by atoms with Gasteiger partial charge < -0.3 is 36.3 Å². The van der Waals surface area contributed by atoms with Gasteiger partial charge in [-0.15, -0.1) is 0 Å². The molecule has 5 atom stereocenters. The van der Waals surface area contributed by atoms with E-state index in [4.69, 9.17) is 15.2 Å². The minimum atomic E-state index is -0.872. The van der Waals surface area contributed by atoms with Crippen molar-refractivity contribution in [3.05, 3.63) is 29.8 Å². The number of rotatable bonds is 19. The fourth-order valence-corrected chi connectivity index (χ4v) is 5.03. The summed E-state index contributed by atoms with van der Waals surface area (Å²) in [6, 6.07) is 6.60. The highest BCUT2D eigenvalue weighted by atomic mass is 16.5. The molecule has 0 radical (unpaired) electrons. The van der Waals surface area contributed by atoms with Crippen molar-refractivity contribution in [3.63, 3.8) is 0 Å². The Hall–Kier alpha value is -2.69. The monoisotopic (exact) mass is 576 g/mol. The normalized spacial score (nSPS) is 18.1. The van der Waals surface area contributed by atoms with Crippen molar-refractivity contribution < 1.29 is 29.0 Å². The Morgan fingerprint density at radius 3 is 2.41 bits per heavy atom. The number of ether oxygens (including phenoxy) is 2. The summed E-state index contributed by atoms with van der Waals surface area (Å²) in [6.07, 6.45) is 2.77. The number of methoxy groups -OCH3 is 1. The summed E-state index contributed by atoms with van der Waals surface area (Å²) in [6.45, 7) is 10.00. The maximum Gasteiger partial charge on any atom is 0.255 e. The molecule has 41 heavy (non-hydrogen) atoms. The molecule has 1 aromatic carbocycles. The zero-order chi connectivity index (χ0) is 30.4. The van der Waals surface area contributed by atoms with Crippen LogP contribution in [0.5, 0.6) is 5.75 Å². The second-order valence-electron chi connectivity index (χ2n) is 11.9. The van der Waals surface area contributed by atoms with Crippen LogP contribution in [0.15, 0.2) is 24.3 Å². The second kappa shape index (κ2) is 18.0. The molecule has 10 heteroatoms. The Bertz CT molecular complexity index is 956. The molecule has 1 heterocycles. The van der Waals surface area contributed by atoms with Gasteiger partial charge in [0.2, 0.25) is 11.8 Å². The standard InChI is InChI=1S/C31H52N4O6/c1-20(2)22(18-33-30(38)24-10-6-7-11-28(24)41-15-9-8-14-40-5)16-26(32)27(36)17-25(21(3)4)31(39)34-19-23-12-13-29(37)35-23/h6-7,10-11,20-23,25-27,36H,8-9,12-19,32H2,1-5H3,(H,33,38)(H,34,39)(H,35,37)/t22?,23?,25?,26?,27-/m0/s1. The largest absolute Gasteiger partial charge is 0.493 e. The van der Waals surface area contributed by atoms with Crippen LogP contribution in [-0.2, 0) is 14.3 Å². The molecule has 1 saturated heterocycles. The average Bonchev–Trinajstić information content (AvgIpc) is 3.36. The van der Waals surface area contributed by atoms with Gasteiger partial charge in [0, 0.05) is 51.2 Å². The molecule has 0 saturated carbocycles. The first-order chi connectivity index (χ1) is 19.5. The van der Waals surface area contributed by atoms with Crippen LogP contribution in [0, 0.1) is 23.7 Å². The highest BCUT2D eigenvalue weighted by Crippen LogP contribution is 2.24. The molecule has 2 rings (SSSR count). The van der Waals surface area contributed by atoms with E-state index in [-0.39, 0.29) is 47.9 Å². The number of amides is 3. The van der Waals surface area contributed by atoms with Gasteiger partial charge in [-0.25, -0.2) is 0 Å². The number of nitrogens with one attached hydrogen (secondary N) is 3. The summed E-state index contributed by atoms with van der Waals surface area (Å²) in [5, 5.41) is 19.8. The zero-order valence-electron chi connectivity index (χ0n) is 25.5. The molecule has 0 aliphatic carbocycles. The lowest BCUT2D eigenvalue weighted by atomic mass is 9.83. The average molecular weight is 577 g/mol. The number of hydrogen-bond donors (Lipinski definition) is 5. The van der Waals surface area contributed by atoms with Crippen molar-refractivity contribution in [2.75, 3.05) is 33.4 Å². The number of nitrogens with two attached hydrogens (primary N) is 1. The van der Waals surface area contributed by atoms with Crippen molar-refractivity contribution >= 4 is 17.7 Å². The number of aliphatic hydroxyl groups is 1. The molecule has 0 bridgehead atoms. The summed E-state index contributed by atoms with van der Waals surface area (Å²) in [5.74, 6) is 0.0487. The first-order valence-corrected chi connectivity index (χ1v) is 15.0. The highest BCUT2D eigenvalue weighted by molar-refractivity contribution is 5.96. The number of hydrogen-bond acceptors (Lipinski definition) is 7. The Morgan fingerprint density at radius 2 is 1.78 bits per heavy atom. The molecule has 0 aromatic heterocycles. The van der Waals surface area contributed by atoms with Gasteiger partial charge in [0.1, 0.15) is 5.75 Å². The van der Waals surface area contributed by atoms with Crippen LogP contribution < -0.4 is 26.4 Å². The summed E-state index contributed by atoms with van der Waals surface area (Å²) in [4.78, 5) is 37.4. The van der Waals surface area contributed by atoms with Crippen LogP contribution >= 0.6 is 0 Å². The van der Waals surface area contributed by atoms with Gasteiger partial charge in [0.15, 0.2) is 0 Å². The van der Waals surface area contributed by atoms with E-state index in [9.17, 15) is 19.5 Å². The van der Waals surface area contributed by atoms with Crippen LogP contribution in [-0.4, -0.2) is 74.4 Å². The molecule has 6 N–H and O–H groups in total. The van der Waals surface area contributed by atoms with E-state index < -0.39 is 18.1 Å². The molecule has 3 amide bonds. The zero-order valence-corrected chi connectivity index (χ0v) is 25.5. The molecular formula is C31H52N4O6. The summed E-state index contributed by atoms with van der Waals surface area (Å²) >= 11 is 0. The van der Waals surface area contributed by atoms with E-state index in [2.05, 4.69) is 29.8 Å². The van der Waals surface area contributed by atoms with Crippen LogP contribution in [0.2, 0.25) is 0 Å². The van der Waals surface area contributed by atoms with Crippen molar-refractivity contribution in [1.29, 1.82) is 0 Å². The third kappa shape index (κ3) is 12.0. The van der Waals surface area contributed by atoms with Crippen LogP contribution in [0.3, 0.4) is 0 Å². The molecule has 10 nitrogen and oxygen atoms in total. The van der Waals surface area contributed by atoms with Crippen LogP contribution in [0.1, 0.15) is 76.6 Å². The highest BCUT2D eigenvalue weighted by Gasteiger charge is 2.31. The number of unbranched alkanes of at least 4 members (excludes halogenated alkanes) is 1. The molecule has 1 aliphatic heterocycles. The number of aliphatic hydroxyl groups excluding tert-OH is 1. The summed E-state index contributed by atoms with van der Waals surface area (Å²) in [7, 11) is 1.67. The molecule has 1 fully saturated rings. The Labute approximate surface area is 245 Å². The Kier molecular flexibility index (Phi) is 15.1. The van der Waals surface area contributed by atoms with Crippen LogP contribution in [0.25, 0.3) is 0 Å². The van der Waals surface area contributed by atoms with Crippen LogP contribution in [0.4, 0.5) is 0 Å². The third-order valence-corrected chi connectivity index (χ3v) is 7.91. The molecule has 4 unspecified atom stereocenters. The van der Waals surface area contributed by atoms with Gasteiger partial charge in [-0.1, -0.05) is 39.8 Å². The van der Waals surface area contributed by atoms with Gasteiger partial charge in [0.05, 0.1) is 18.3 Å². The first kappa shape index (κ1) is 34.5. The predicted octanol–water partition coefficient (Wildman–Crippen LogP) is 2.63. The first-order valence-electron chi connectivity index (χ1n) is 15.0. The minimum absolute atomic E-state index is 0.00761. The van der Waals surface area contributed by atoms with Crippen molar-refractivity contribution in [3.8, 4) is 5.75 Å². The topological polar surface area (TPSA) is 152 Å². The molecule has 0 spiro atoms. The third-order valence-electron chi connectivity index (χ3n) is 7.91.